The molecule has 1 nitrogen and oxygen atoms in total. The van der Waals surface area contributed by atoms with Gasteiger partial charge in [0.05, 0.1) is 0 Å². The average Bonchev–Trinajstić information content (AvgIpc) is 2.33. The van der Waals surface area contributed by atoms with E-state index in [9.17, 15) is 0 Å². The van der Waals surface area contributed by atoms with Gasteiger partial charge in [-0.2, -0.15) is 0 Å². The van der Waals surface area contributed by atoms with Crippen LogP contribution in [0.3, 0.4) is 0 Å². The van der Waals surface area contributed by atoms with Crippen LogP contribution < -0.4 is 5.32 Å². The Labute approximate surface area is 103 Å². The van der Waals surface area contributed by atoms with Crippen LogP contribution in [0, 0.1) is 0 Å². The Morgan fingerprint density at radius 3 is 2.47 bits per heavy atom. The van der Waals surface area contributed by atoms with Crippen molar-refractivity contribution in [2.45, 2.75) is 24.7 Å². The van der Waals surface area contributed by atoms with Gasteiger partial charge in [-0.05, 0) is 36.2 Å². The fraction of sp³-hybridized carbons (Fsp3) is 0.375. The number of hydrogen-bond donors (Lipinski definition) is 1. The quantitative estimate of drug-likeness (QED) is 0.843. The fourth-order valence-electron chi connectivity index (χ4n) is 3.03. The minimum atomic E-state index is 0.402. The normalized spacial score (nSPS) is 17.9. The number of benzene rings is 2. The van der Waals surface area contributed by atoms with Crippen molar-refractivity contribution in [2.75, 3.05) is 13.6 Å². The molecule has 0 unspecified atom stereocenters. The first kappa shape index (κ1) is 10.8. The second-order valence-corrected chi connectivity index (χ2v) is 5.23. The monoisotopic (exact) mass is 225 g/mol. The highest BCUT2D eigenvalue weighted by molar-refractivity contribution is 5.83. The molecule has 0 spiro atoms. The molecule has 3 rings (SSSR count). The summed E-state index contributed by atoms with van der Waals surface area (Å²) in [6.07, 6.45) is 4.02. The summed E-state index contributed by atoms with van der Waals surface area (Å²) >= 11 is 0. The van der Waals surface area contributed by atoms with Crippen molar-refractivity contribution in [2.24, 2.45) is 0 Å². The summed E-state index contributed by atoms with van der Waals surface area (Å²) in [5.74, 6) is 0. The molecule has 1 N–H and O–H groups in total. The van der Waals surface area contributed by atoms with Gasteiger partial charge in [-0.1, -0.05) is 48.9 Å². The van der Waals surface area contributed by atoms with Gasteiger partial charge in [-0.25, -0.2) is 0 Å². The molecule has 0 bridgehead atoms. The summed E-state index contributed by atoms with van der Waals surface area (Å²) in [7, 11) is 2.06. The van der Waals surface area contributed by atoms with Crippen LogP contribution in [-0.4, -0.2) is 13.6 Å². The average molecular weight is 225 g/mol. The predicted octanol–water partition coefficient (Wildman–Crippen LogP) is 3.48. The van der Waals surface area contributed by atoms with Crippen LogP contribution in [0.1, 0.15) is 24.8 Å². The van der Waals surface area contributed by atoms with Crippen molar-refractivity contribution in [3.63, 3.8) is 0 Å². The molecular formula is C16H19N. The molecule has 0 radical (unpaired) electrons. The first-order valence-electron chi connectivity index (χ1n) is 6.48. The molecule has 1 saturated carbocycles. The summed E-state index contributed by atoms with van der Waals surface area (Å²) < 4.78 is 0. The van der Waals surface area contributed by atoms with Crippen molar-refractivity contribution >= 4 is 10.8 Å². The number of hydrogen-bond acceptors (Lipinski definition) is 1. The Kier molecular flexibility index (Phi) is 2.64. The second kappa shape index (κ2) is 4.15. The van der Waals surface area contributed by atoms with E-state index in [0.29, 0.717) is 5.41 Å². The van der Waals surface area contributed by atoms with Gasteiger partial charge in [0, 0.05) is 12.0 Å². The molecule has 0 heterocycles. The number of nitrogens with one attached hydrogen (secondary N) is 1. The Bertz CT molecular complexity index is 526. The molecule has 0 amide bonds. The zero-order valence-electron chi connectivity index (χ0n) is 10.4. The molecule has 2 aromatic carbocycles. The topological polar surface area (TPSA) is 12.0 Å². The number of fused-ring (bicyclic) bond motifs is 1. The maximum Gasteiger partial charge on any atom is 0.00779 e. The van der Waals surface area contributed by atoms with Crippen molar-refractivity contribution in [1.82, 2.24) is 5.32 Å². The van der Waals surface area contributed by atoms with Gasteiger partial charge >= 0.3 is 0 Å². The van der Waals surface area contributed by atoms with Crippen LogP contribution in [0.5, 0.6) is 0 Å². The van der Waals surface area contributed by atoms with E-state index < -0.39 is 0 Å². The van der Waals surface area contributed by atoms with Crippen LogP contribution in [-0.2, 0) is 5.41 Å². The van der Waals surface area contributed by atoms with E-state index in [-0.39, 0.29) is 0 Å². The van der Waals surface area contributed by atoms with Crippen molar-refractivity contribution in [3.05, 3.63) is 48.0 Å². The van der Waals surface area contributed by atoms with Crippen LogP contribution in [0.15, 0.2) is 42.5 Å². The summed E-state index contributed by atoms with van der Waals surface area (Å²) in [5.41, 5.74) is 1.91. The Hall–Kier alpha value is -1.34. The zero-order valence-corrected chi connectivity index (χ0v) is 10.4. The van der Waals surface area contributed by atoms with Gasteiger partial charge in [0.25, 0.3) is 0 Å². The largest absolute Gasteiger partial charge is 0.319 e. The van der Waals surface area contributed by atoms with Gasteiger partial charge in [0.15, 0.2) is 0 Å². The Morgan fingerprint density at radius 1 is 1.06 bits per heavy atom. The third-order valence-electron chi connectivity index (χ3n) is 4.19. The van der Waals surface area contributed by atoms with Crippen LogP contribution in [0.4, 0.5) is 0 Å². The minimum Gasteiger partial charge on any atom is -0.319 e. The third-order valence-corrected chi connectivity index (χ3v) is 4.19. The van der Waals surface area contributed by atoms with Crippen molar-refractivity contribution < 1.29 is 0 Å². The molecule has 1 fully saturated rings. The molecule has 0 saturated heterocycles. The summed E-state index contributed by atoms with van der Waals surface area (Å²) in [5, 5.41) is 6.07. The second-order valence-electron chi connectivity index (χ2n) is 5.23. The first-order valence-corrected chi connectivity index (χ1v) is 6.48. The van der Waals surface area contributed by atoms with Gasteiger partial charge in [0.2, 0.25) is 0 Å². The highest BCUT2D eigenvalue weighted by atomic mass is 14.8. The van der Waals surface area contributed by atoms with E-state index in [1.54, 1.807) is 0 Å². The van der Waals surface area contributed by atoms with Crippen LogP contribution >= 0.6 is 0 Å². The van der Waals surface area contributed by atoms with E-state index >= 15 is 0 Å². The summed E-state index contributed by atoms with van der Waals surface area (Å²) in [6, 6.07) is 15.6. The van der Waals surface area contributed by atoms with Crippen LogP contribution in [0.2, 0.25) is 0 Å². The lowest BCUT2D eigenvalue weighted by atomic mass is 9.64. The molecule has 0 aromatic heterocycles. The maximum absolute atomic E-state index is 3.36. The standard InChI is InChI=1S/C16H19N/c1-17-12-16(9-4-10-16)15-8-7-13-5-2-3-6-14(13)11-15/h2-3,5-8,11,17H,4,9-10,12H2,1H3. The molecular weight excluding hydrogens is 206 g/mol. The number of rotatable bonds is 3. The predicted molar refractivity (Wildman–Crippen MR) is 73.4 cm³/mol. The third kappa shape index (κ3) is 1.75. The molecule has 1 aliphatic carbocycles. The van der Waals surface area contributed by atoms with E-state index in [1.165, 1.54) is 35.6 Å². The molecule has 1 heteroatoms. The molecule has 88 valence electrons. The molecule has 0 aliphatic heterocycles. The summed E-state index contributed by atoms with van der Waals surface area (Å²) in [4.78, 5) is 0. The Balaban J connectivity index is 2.05. The van der Waals surface area contributed by atoms with Crippen LogP contribution in [0.25, 0.3) is 10.8 Å². The van der Waals surface area contributed by atoms with E-state index in [2.05, 4.69) is 54.8 Å². The van der Waals surface area contributed by atoms with E-state index in [0.717, 1.165) is 6.54 Å². The highest BCUT2D eigenvalue weighted by Crippen LogP contribution is 2.43. The van der Waals surface area contributed by atoms with Crippen molar-refractivity contribution in [3.8, 4) is 0 Å². The summed E-state index contributed by atoms with van der Waals surface area (Å²) in [6.45, 7) is 1.10. The fourth-order valence-corrected chi connectivity index (χ4v) is 3.03. The molecule has 2 aromatic rings. The van der Waals surface area contributed by atoms with Gasteiger partial charge in [-0.3, -0.25) is 0 Å². The molecule has 1 aliphatic rings. The van der Waals surface area contributed by atoms with Crippen molar-refractivity contribution in [1.29, 1.82) is 0 Å². The van der Waals surface area contributed by atoms with E-state index in [4.69, 9.17) is 0 Å². The Morgan fingerprint density at radius 2 is 1.82 bits per heavy atom. The van der Waals surface area contributed by atoms with Gasteiger partial charge < -0.3 is 5.32 Å². The molecule has 0 atom stereocenters. The zero-order chi connectivity index (χ0) is 11.7. The maximum atomic E-state index is 3.36. The van der Waals surface area contributed by atoms with E-state index in [1.807, 2.05) is 0 Å². The molecule has 17 heavy (non-hydrogen) atoms. The SMILES string of the molecule is CNCC1(c2ccc3ccccc3c2)CCC1. The number of likely N-dealkylation sites (N-methyl/N-ethyl adjacent to an activating group) is 1. The smallest absolute Gasteiger partial charge is 0.00779 e. The first-order chi connectivity index (χ1) is 8.34. The lowest BCUT2D eigenvalue weighted by Crippen LogP contribution is -2.42. The highest BCUT2D eigenvalue weighted by Gasteiger charge is 2.37. The lowest BCUT2D eigenvalue weighted by Gasteiger charge is -2.42. The van der Waals surface area contributed by atoms with Gasteiger partial charge in [0.1, 0.15) is 0 Å². The van der Waals surface area contributed by atoms with Gasteiger partial charge in [-0.15, -0.1) is 0 Å². The lowest BCUT2D eigenvalue weighted by molar-refractivity contribution is 0.239. The minimum absolute atomic E-state index is 0.402.